The maximum absolute atomic E-state index is 10.8. The molecule has 0 amide bonds. The molecule has 0 radical (unpaired) electrons. The maximum atomic E-state index is 10.8. The lowest BCUT2D eigenvalue weighted by atomic mass is 9.73. The molecule has 0 spiro atoms. The van der Waals surface area contributed by atoms with Crippen LogP contribution in [0.15, 0.2) is 24.3 Å². The topological polar surface area (TPSA) is 29.5 Å². The van der Waals surface area contributed by atoms with Crippen LogP contribution in [-0.4, -0.2) is 17.8 Å². The number of benzene rings is 1. The second-order valence-corrected chi connectivity index (χ2v) is 5.73. The van der Waals surface area contributed by atoms with Gasteiger partial charge in [0.1, 0.15) is 6.10 Å². The Kier molecular flexibility index (Phi) is 4.08. The first-order valence-electron chi connectivity index (χ1n) is 6.88. The van der Waals surface area contributed by atoms with Crippen molar-refractivity contribution in [3.8, 4) is 0 Å². The second kappa shape index (κ2) is 5.41. The van der Waals surface area contributed by atoms with E-state index in [1.165, 1.54) is 6.42 Å². The van der Waals surface area contributed by atoms with Crippen LogP contribution in [0, 0.1) is 12.8 Å². The van der Waals surface area contributed by atoms with Gasteiger partial charge in [-0.2, -0.15) is 0 Å². The van der Waals surface area contributed by atoms with E-state index in [0.717, 1.165) is 30.4 Å². The minimum absolute atomic E-state index is 0.399. The second-order valence-electron chi connectivity index (χ2n) is 5.73. The molecule has 1 aromatic rings. The van der Waals surface area contributed by atoms with E-state index in [4.69, 9.17) is 4.74 Å². The summed E-state index contributed by atoms with van der Waals surface area (Å²) in [7, 11) is 1.74. The summed E-state index contributed by atoms with van der Waals surface area (Å²) in [4.78, 5) is 0. The molecule has 0 aliphatic heterocycles. The van der Waals surface area contributed by atoms with Gasteiger partial charge in [-0.25, -0.2) is 0 Å². The van der Waals surface area contributed by atoms with Crippen molar-refractivity contribution in [1.82, 2.24) is 0 Å². The largest absolute Gasteiger partial charge is 0.385 e. The smallest absolute Gasteiger partial charge is 0.108 e. The third-order valence-corrected chi connectivity index (χ3v) is 4.38. The predicted molar refractivity (Wildman–Crippen MR) is 73.5 cm³/mol. The van der Waals surface area contributed by atoms with Crippen molar-refractivity contribution in [2.75, 3.05) is 7.11 Å². The van der Waals surface area contributed by atoms with Gasteiger partial charge in [0.15, 0.2) is 0 Å². The molecule has 18 heavy (non-hydrogen) atoms. The van der Waals surface area contributed by atoms with Crippen LogP contribution < -0.4 is 0 Å². The lowest BCUT2D eigenvalue weighted by Gasteiger charge is -2.42. The number of aliphatic hydroxyl groups excluding tert-OH is 1. The van der Waals surface area contributed by atoms with E-state index in [1.807, 2.05) is 31.2 Å². The van der Waals surface area contributed by atoms with Crippen LogP contribution in [-0.2, 0) is 4.74 Å². The fourth-order valence-electron chi connectivity index (χ4n) is 3.27. The van der Waals surface area contributed by atoms with E-state index in [0.29, 0.717) is 5.92 Å². The molecule has 1 N–H and O–H groups in total. The average Bonchev–Trinajstić information content (AvgIpc) is 2.38. The van der Waals surface area contributed by atoms with Gasteiger partial charge in [-0.15, -0.1) is 0 Å². The molecule has 0 bridgehead atoms. The van der Waals surface area contributed by atoms with E-state index < -0.39 is 11.7 Å². The highest BCUT2D eigenvalue weighted by Gasteiger charge is 2.42. The zero-order valence-corrected chi connectivity index (χ0v) is 11.6. The molecular weight excluding hydrogens is 224 g/mol. The maximum Gasteiger partial charge on any atom is 0.108 e. The number of aryl methyl sites for hydroxylation is 1. The molecule has 1 fully saturated rings. The quantitative estimate of drug-likeness (QED) is 0.885. The van der Waals surface area contributed by atoms with Crippen LogP contribution >= 0.6 is 0 Å². The van der Waals surface area contributed by atoms with Gasteiger partial charge >= 0.3 is 0 Å². The third kappa shape index (κ3) is 2.45. The monoisotopic (exact) mass is 248 g/mol. The van der Waals surface area contributed by atoms with E-state index in [1.54, 1.807) is 7.11 Å². The molecule has 2 rings (SSSR count). The lowest BCUT2D eigenvalue weighted by molar-refractivity contribution is -0.134. The number of methoxy groups -OCH3 is 1. The summed E-state index contributed by atoms with van der Waals surface area (Å²) in [6, 6.07) is 8.06. The highest BCUT2D eigenvalue weighted by molar-refractivity contribution is 5.29. The zero-order valence-electron chi connectivity index (χ0n) is 11.6. The number of rotatable bonds is 3. The normalized spacial score (nSPS) is 30.1. The molecule has 0 aromatic heterocycles. The Morgan fingerprint density at radius 1 is 1.39 bits per heavy atom. The summed E-state index contributed by atoms with van der Waals surface area (Å²) in [5.74, 6) is 0.623. The first-order valence-corrected chi connectivity index (χ1v) is 6.88. The van der Waals surface area contributed by atoms with Crippen molar-refractivity contribution in [2.45, 2.75) is 51.2 Å². The minimum Gasteiger partial charge on any atom is -0.385 e. The van der Waals surface area contributed by atoms with Gasteiger partial charge in [-0.05, 0) is 36.8 Å². The summed E-state index contributed by atoms with van der Waals surface area (Å²) in [5, 5.41) is 10.8. The molecule has 1 aliphatic carbocycles. The van der Waals surface area contributed by atoms with E-state index in [9.17, 15) is 5.11 Å². The molecule has 3 unspecified atom stereocenters. The van der Waals surface area contributed by atoms with Gasteiger partial charge in [0.2, 0.25) is 0 Å². The Morgan fingerprint density at radius 3 is 2.72 bits per heavy atom. The highest BCUT2D eigenvalue weighted by Crippen LogP contribution is 2.43. The van der Waals surface area contributed by atoms with Gasteiger partial charge < -0.3 is 9.84 Å². The summed E-state index contributed by atoms with van der Waals surface area (Å²) in [5.41, 5.74) is 1.75. The number of hydrogen-bond acceptors (Lipinski definition) is 2. The molecule has 100 valence electrons. The van der Waals surface area contributed by atoms with Crippen molar-refractivity contribution in [2.24, 2.45) is 5.92 Å². The van der Waals surface area contributed by atoms with E-state index in [2.05, 4.69) is 6.92 Å². The Labute approximate surface area is 110 Å². The fraction of sp³-hybridized carbons (Fsp3) is 0.625. The Hall–Kier alpha value is -0.860. The molecule has 1 aromatic carbocycles. The van der Waals surface area contributed by atoms with Crippen molar-refractivity contribution in [3.63, 3.8) is 0 Å². The number of aliphatic hydroxyl groups is 1. The van der Waals surface area contributed by atoms with Gasteiger partial charge in [-0.1, -0.05) is 44.0 Å². The van der Waals surface area contributed by atoms with Crippen LogP contribution in [0.25, 0.3) is 0 Å². The van der Waals surface area contributed by atoms with Gasteiger partial charge in [0.05, 0.1) is 5.60 Å². The first kappa shape index (κ1) is 13.6. The molecular formula is C16H24O2. The SMILES string of the molecule is COC1(C(O)c2ccccc2C)CCCC(C)C1. The third-order valence-electron chi connectivity index (χ3n) is 4.38. The highest BCUT2D eigenvalue weighted by atomic mass is 16.5. The Bertz CT molecular complexity index is 402. The first-order chi connectivity index (χ1) is 8.59. The molecule has 0 saturated heterocycles. The molecule has 3 atom stereocenters. The van der Waals surface area contributed by atoms with Crippen LogP contribution in [0.4, 0.5) is 0 Å². The average molecular weight is 248 g/mol. The number of hydrogen-bond donors (Lipinski definition) is 1. The molecule has 1 saturated carbocycles. The Balaban J connectivity index is 2.30. The van der Waals surface area contributed by atoms with Gasteiger partial charge in [-0.3, -0.25) is 0 Å². The van der Waals surface area contributed by atoms with Crippen molar-refractivity contribution in [3.05, 3.63) is 35.4 Å². The molecule has 0 heterocycles. The molecule has 2 nitrogen and oxygen atoms in total. The summed E-state index contributed by atoms with van der Waals surface area (Å²) < 4.78 is 5.77. The van der Waals surface area contributed by atoms with Crippen LogP contribution in [0.2, 0.25) is 0 Å². The van der Waals surface area contributed by atoms with Crippen molar-refractivity contribution < 1.29 is 9.84 Å². The fourth-order valence-corrected chi connectivity index (χ4v) is 3.27. The van der Waals surface area contributed by atoms with Crippen molar-refractivity contribution >= 4 is 0 Å². The van der Waals surface area contributed by atoms with Crippen LogP contribution in [0.5, 0.6) is 0 Å². The molecule has 2 heteroatoms. The molecule has 1 aliphatic rings. The minimum atomic E-state index is -0.522. The van der Waals surface area contributed by atoms with E-state index >= 15 is 0 Å². The van der Waals surface area contributed by atoms with Crippen molar-refractivity contribution in [1.29, 1.82) is 0 Å². The summed E-state index contributed by atoms with van der Waals surface area (Å²) >= 11 is 0. The standard InChI is InChI=1S/C16H24O2/c1-12-7-6-10-16(11-12,18-3)15(17)14-9-5-4-8-13(14)2/h4-5,8-9,12,15,17H,6-7,10-11H2,1-3H3. The van der Waals surface area contributed by atoms with Gasteiger partial charge in [0.25, 0.3) is 0 Å². The van der Waals surface area contributed by atoms with Crippen LogP contribution in [0.1, 0.15) is 49.8 Å². The Morgan fingerprint density at radius 2 is 2.11 bits per heavy atom. The lowest BCUT2D eigenvalue weighted by Crippen LogP contribution is -2.42. The van der Waals surface area contributed by atoms with Gasteiger partial charge in [0, 0.05) is 7.11 Å². The zero-order chi connectivity index (χ0) is 13.2. The summed E-state index contributed by atoms with van der Waals surface area (Å²) in [6.45, 7) is 4.30. The summed E-state index contributed by atoms with van der Waals surface area (Å²) in [6.07, 6.45) is 3.75. The number of ether oxygens (including phenoxy) is 1. The van der Waals surface area contributed by atoms with E-state index in [-0.39, 0.29) is 0 Å². The predicted octanol–water partition coefficient (Wildman–Crippen LogP) is 3.62. The van der Waals surface area contributed by atoms with Crippen LogP contribution in [0.3, 0.4) is 0 Å².